The number of carbonyl (C=O) groups excluding carboxylic acids is 1. The fourth-order valence-corrected chi connectivity index (χ4v) is 5.16. The fraction of sp³-hybridized carbons (Fsp3) is 0.448. The van der Waals surface area contributed by atoms with Crippen molar-refractivity contribution in [3.8, 4) is 11.5 Å². The van der Waals surface area contributed by atoms with Gasteiger partial charge in [0.05, 0.1) is 14.2 Å². The predicted molar refractivity (Wildman–Crippen MR) is 137 cm³/mol. The van der Waals surface area contributed by atoms with E-state index in [0.29, 0.717) is 29.6 Å². The average molecular weight is 494 g/mol. The van der Waals surface area contributed by atoms with Gasteiger partial charge in [-0.05, 0) is 79.9 Å². The SMILES string of the molecule is COc1cc2c(cc1OC)C(OC(=O)CCCC(=O)O)=C(CC1CCN(Cc3ccccc3)CC1)C2. The van der Waals surface area contributed by atoms with Crippen molar-refractivity contribution in [2.75, 3.05) is 27.3 Å². The number of carbonyl (C=O) groups is 2. The minimum atomic E-state index is -0.913. The zero-order valence-electron chi connectivity index (χ0n) is 21.1. The van der Waals surface area contributed by atoms with Gasteiger partial charge in [0.2, 0.25) is 0 Å². The molecule has 0 radical (unpaired) electrons. The summed E-state index contributed by atoms with van der Waals surface area (Å²) < 4.78 is 16.9. The molecule has 36 heavy (non-hydrogen) atoms. The molecular formula is C29H35NO6. The van der Waals surface area contributed by atoms with Crippen molar-refractivity contribution in [2.24, 2.45) is 5.92 Å². The van der Waals surface area contributed by atoms with Crippen molar-refractivity contribution in [1.29, 1.82) is 0 Å². The summed E-state index contributed by atoms with van der Waals surface area (Å²) >= 11 is 0. The lowest BCUT2D eigenvalue weighted by Gasteiger charge is -2.32. The molecule has 2 aromatic rings. The van der Waals surface area contributed by atoms with Crippen molar-refractivity contribution in [3.05, 3.63) is 64.7 Å². The van der Waals surface area contributed by atoms with E-state index in [0.717, 1.165) is 55.6 Å². The van der Waals surface area contributed by atoms with Gasteiger partial charge in [-0.25, -0.2) is 0 Å². The Morgan fingerprint density at radius 2 is 1.69 bits per heavy atom. The highest BCUT2D eigenvalue weighted by Crippen LogP contribution is 2.43. The maximum atomic E-state index is 12.6. The number of rotatable bonds is 11. The van der Waals surface area contributed by atoms with Gasteiger partial charge in [0.15, 0.2) is 11.5 Å². The number of ether oxygens (including phenoxy) is 3. The summed E-state index contributed by atoms with van der Waals surface area (Å²) in [5, 5.41) is 8.88. The first-order valence-corrected chi connectivity index (χ1v) is 12.6. The van der Waals surface area contributed by atoms with Crippen LogP contribution in [-0.4, -0.2) is 49.3 Å². The number of benzene rings is 2. The second kappa shape index (κ2) is 12.1. The van der Waals surface area contributed by atoms with Gasteiger partial charge in [-0.2, -0.15) is 0 Å². The Labute approximate surface area is 212 Å². The molecule has 7 heteroatoms. The molecule has 4 rings (SSSR count). The fourth-order valence-electron chi connectivity index (χ4n) is 5.16. The standard InChI is InChI=1S/C29H35NO6/c1-34-25-17-22-16-23(15-20-11-13-30(14-12-20)19-21-7-4-3-5-8-21)29(24(22)18-26(25)35-2)36-28(33)10-6-9-27(31)32/h3-5,7-8,17-18,20H,6,9-16,19H2,1-2H3,(H,31,32). The number of fused-ring (bicyclic) bond motifs is 1. The lowest BCUT2D eigenvalue weighted by molar-refractivity contribution is -0.138. The quantitative estimate of drug-likeness (QED) is 0.437. The molecular weight excluding hydrogens is 458 g/mol. The van der Waals surface area contributed by atoms with Crippen molar-refractivity contribution in [2.45, 2.75) is 51.5 Å². The van der Waals surface area contributed by atoms with E-state index in [1.54, 1.807) is 14.2 Å². The van der Waals surface area contributed by atoms with Gasteiger partial charge in [0, 0.05) is 24.9 Å². The van der Waals surface area contributed by atoms with Gasteiger partial charge in [0.25, 0.3) is 0 Å². The van der Waals surface area contributed by atoms with Crippen LogP contribution in [0.2, 0.25) is 0 Å². The van der Waals surface area contributed by atoms with Crippen LogP contribution < -0.4 is 9.47 Å². The van der Waals surface area contributed by atoms with Gasteiger partial charge in [-0.15, -0.1) is 0 Å². The van der Waals surface area contributed by atoms with Crippen molar-refractivity contribution in [3.63, 3.8) is 0 Å². The molecule has 1 saturated heterocycles. The molecule has 1 aliphatic carbocycles. The topological polar surface area (TPSA) is 85.3 Å². The van der Waals surface area contributed by atoms with Gasteiger partial charge in [-0.3, -0.25) is 14.5 Å². The smallest absolute Gasteiger partial charge is 0.311 e. The Bertz CT molecular complexity index is 1100. The molecule has 1 fully saturated rings. The van der Waals surface area contributed by atoms with Crippen molar-refractivity contribution < 1.29 is 28.9 Å². The number of esters is 1. The first-order chi connectivity index (χ1) is 17.5. The van der Waals surface area contributed by atoms with Crippen LogP contribution in [-0.2, 0) is 27.3 Å². The maximum Gasteiger partial charge on any atom is 0.311 e. The van der Waals surface area contributed by atoms with Gasteiger partial charge >= 0.3 is 11.9 Å². The zero-order valence-corrected chi connectivity index (χ0v) is 21.1. The molecule has 1 N–H and O–H groups in total. The van der Waals surface area contributed by atoms with Crippen molar-refractivity contribution >= 4 is 17.7 Å². The molecule has 7 nitrogen and oxygen atoms in total. The van der Waals surface area contributed by atoms with E-state index >= 15 is 0 Å². The molecule has 1 heterocycles. The highest BCUT2D eigenvalue weighted by Gasteiger charge is 2.30. The summed E-state index contributed by atoms with van der Waals surface area (Å²) in [4.78, 5) is 25.9. The van der Waals surface area contributed by atoms with Gasteiger partial charge in [-0.1, -0.05) is 30.3 Å². The summed E-state index contributed by atoms with van der Waals surface area (Å²) in [5.74, 6) is 1.06. The first-order valence-electron chi connectivity index (χ1n) is 12.6. The largest absolute Gasteiger partial charge is 0.493 e. The van der Waals surface area contributed by atoms with Crippen LogP contribution >= 0.6 is 0 Å². The van der Waals surface area contributed by atoms with E-state index < -0.39 is 11.9 Å². The van der Waals surface area contributed by atoms with Gasteiger partial charge in [0.1, 0.15) is 5.76 Å². The Morgan fingerprint density at radius 1 is 1.00 bits per heavy atom. The number of methoxy groups -OCH3 is 2. The predicted octanol–water partition coefficient (Wildman–Crippen LogP) is 5.07. The molecule has 0 unspecified atom stereocenters. The number of likely N-dealkylation sites (tertiary alicyclic amines) is 1. The van der Waals surface area contributed by atoms with Gasteiger partial charge < -0.3 is 19.3 Å². The molecule has 192 valence electrons. The highest BCUT2D eigenvalue weighted by atomic mass is 16.5. The van der Waals surface area contributed by atoms with E-state index in [-0.39, 0.29) is 19.3 Å². The summed E-state index contributed by atoms with van der Waals surface area (Å²) in [7, 11) is 3.20. The summed E-state index contributed by atoms with van der Waals surface area (Å²) in [6.45, 7) is 3.07. The summed E-state index contributed by atoms with van der Waals surface area (Å²) in [6.07, 6.45) is 4.05. The second-order valence-corrected chi connectivity index (χ2v) is 9.60. The summed E-state index contributed by atoms with van der Waals surface area (Å²) in [5.41, 5.74) is 4.37. The van der Waals surface area contributed by atoms with Crippen LogP contribution in [0.25, 0.3) is 5.76 Å². The monoisotopic (exact) mass is 493 g/mol. The third kappa shape index (κ3) is 6.46. The Morgan fingerprint density at radius 3 is 2.36 bits per heavy atom. The van der Waals surface area contributed by atoms with Crippen LogP contribution in [0.4, 0.5) is 0 Å². The zero-order chi connectivity index (χ0) is 25.5. The van der Waals surface area contributed by atoms with E-state index in [2.05, 4.69) is 29.2 Å². The lowest BCUT2D eigenvalue weighted by Crippen LogP contribution is -2.33. The van der Waals surface area contributed by atoms with Crippen LogP contribution in [0.15, 0.2) is 48.0 Å². The Hall–Kier alpha value is -3.32. The number of carboxylic acids is 1. The molecule has 0 spiro atoms. The number of piperidine rings is 1. The molecule has 2 aromatic carbocycles. The average Bonchev–Trinajstić information content (AvgIpc) is 3.20. The maximum absolute atomic E-state index is 12.6. The van der Waals surface area contributed by atoms with Crippen LogP contribution in [0.5, 0.6) is 11.5 Å². The number of nitrogens with zero attached hydrogens (tertiary/aromatic N) is 1. The minimum Gasteiger partial charge on any atom is -0.493 e. The Kier molecular flexibility index (Phi) is 8.65. The number of allylic oxidation sites excluding steroid dienone is 1. The minimum absolute atomic E-state index is 0.0514. The molecule has 2 aliphatic rings. The third-order valence-electron chi connectivity index (χ3n) is 7.06. The molecule has 0 saturated carbocycles. The highest BCUT2D eigenvalue weighted by molar-refractivity contribution is 5.83. The molecule has 0 aromatic heterocycles. The van der Waals surface area contributed by atoms with Crippen LogP contribution in [0.1, 0.15) is 55.2 Å². The summed E-state index contributed by atoms with van der Waals surface area (Å²) in [6, 6.07) is 14.4. The normalized spacial score (nSPS) is 16.1. The molecule has 1 aliphatic heterocycles. The van der Waals surface area contributed by atoms with E-state index in [1.165, 1.54) is 5.56 Å². The van der Waals surface area contributed by atoms with E-state index in [4.69, 9.17) is 19.3 Å². The van der Waals surface area contributed by atoms with Crippen LogP contribution in [0, 0.1) is 5.92 Å². The molecule has 0 atom stereocenters. The van der Waals surface area contributed by atoms with Crippen LogP contribution in [0.3, 0.4) is 0 Å². The molecule has 0 bridgehead atoms. The number of aliphatic carboxylic acids is 1. The number of hydrogen-bond acceptors (Lipinski definition) is 6. The van der Waals surface area contributed by atoms with E-state index in [1.807, 2.05) is 18.2 Å². The lowest BCUT2D eigenvalue weighted by atomic mass is 9.89. The molecule has 0 amide bonds. The number of carboxylic acid groups (broad SMARTS) is 1. The Balaban J connectivity index is 1.46. The third-order valence-corrected chi connectivity index (χ3v) is 7.06. The van der Waals surface area contributed by atoms with Crippen molar-refractivity contribution in [1.82, 2.24) is 4.90 Å². The number of hydrogen-bond donors (Lipinski definition) is 1. The van der Waals surface area contributed by atoms with E-state index in [9.17, 15) is 9.59 Å². The first kappa shape index (κ1) is 25.8. The second-order valence-electron chi connectivity index (χ2n) is 9.60.